The summed E-state index contributed by atoms with van der Waals surface area (Å²) in [6.45, 7) is 5.20. The molecule has 1 N–H and O–H groups in total. The molecule has 37 heavy (non-hydrogen) atoms. The lowest BCUT2D eigenvalue weighted by Crippen LogP contribution is -2.38. The van der Waals surface area contributed by atoms with Crippen LogP contribution in [0.5, 0.6) is 11.5 Å². The van der Waals surface area contributed by atoms with Crippen LogP contribution in [0.2, 0.25) is 0 Å². The zero-order valence-electron chi connectivity index (χ0n) is 21.3. The molecule has 9 heteroatoms. The van der Waals surface area contributed by atoms with E-state index in [0.717, 1.165) is 30.9 Å². The predicted molar refractivity (Wildman–Crippen MR) is 139 cm³/mol. The van der Waals surface area contributed by atoms with Gasteiger partial charge in [0.1, 0.15) is 19.0 Å². The zero-order valence-corrected chi connectivity index (χ0v) is 21.3. The molecule has 1 atom stereocenters. The summed E-state index contributed by atoms with van der Waals surface area (Å²) in [5, 5.41) is 11.4. The summed E-state index contributed by atoms with van der Waals surface area (Å²) in [6.07, 6.45) is 0.712. The van der Waals surface area contributed by atoms with Crippen LogP contribution in [0.15, 0.2) is 48.0 Å². The lowest BCUT2D eigenvalue weighted by atomic mass is 9.95. The maximum absolute atomic E-state index is 13.3. The standard InChI is InChI=1S/C28H33N3O6/c1-29(2)21-7-4-19(5-8-21)25-24(26(32)20-6-9-22-23(18-20)37-17-16-36-22)27(33)28(34)31(25)11-3-10-30-12-14-35-15-13-30/h4-9,18,25,32H,3,10-17H2,1-2H3/t25-/m0/s1. The fourth-order valence-electron chi connectivity index (χ4n) is 5.05. The number of nitrogens with zero attached hydrogens (tertiary/aromatic N) is 3. The van der Waals surface area contributed by atoms with Crippen LogP contribution in [0.1, 0.15) is 23.6 Å². The molecule has 0 bridgehead atoms. The van der Waals surface area contributed by atoms with Crippen LogP contribution in [0.4, 0.5) is 5.69 Å². The average Bonchev–Trinajstić information content (AvgIpc) is 3.18. The fraction of sp³-hybridized carbons (Fsp3) is 0.429. The van der Waals surface area contributed by atoms with Gasteiger partial charge in [0.15, 0.2) is 11.5 Å². The number of morpholine rings is 1. The van der Waals surface area contributed by atoms with Gasteiger partial charge in [-0.2, -0.15) is 0 Å². The quantitative estimate of drug-likeness (QED) is 0.348. The first-order chi connectivity index (χ1) is 17.9. The van der Waals surface area contributed by atoms with Gasteiger partial charge in [0.05, 0.1) is 24.8 Å². The van der Waals surface area contributed by atoms with Crippen molar-refractivity contribution in [3.63, 3.8) is 0 Å². The van der Waals surface area contributed by atoms with Gasteiger partial charge in [0.25, 0.3) is 11.7 Å². The van der Waals surface area contributed by atoms with E-state index in [0.29, 0.717) is 56.5 Å². The van der Waals surface area contributed by atoms with Gasteiger partial charge in [0.2, 0.25) is 0 Å². The van der Waals surface area contributed by atoms with Crippen molar-refractivity contribution in [3.8, 4) is 11.5 Å². The monoisotopic (exact) mass is 507 g/mol. The molecule has 3 aliphatic heterocycles. The van der Waals surface area contributed by atoms with Crippen LogP contribution >= 0.6 is 0 Å². The first kappa shape index (κ1) is 25.1. The number of ether oxygens (including phenoxy) is 3. The van der Waals surface area contributed by atoms with E-state index in [1.807, 2.05) is 43.3 Å². The number of likely N-dealkylation sites (tertiary alicyclic amines) is 1. The summed E-state index contributed by atoms with van der Waals surface area (Å²) in [7, 11) is 3.91. The molecule has 2 fully saturated rings. The number of benzene rings is 2. The van der Waals surface area contributed by atoms with Gasteiger partial charge in [-0.25, -0.2) is 0 Å². The maximum Gasteiger partial charge on any atom is 0.295 e. The smallest absolute Gasteiger partial charge is 0.295 e. The highest BCUT2D eigenvalue weighted by Gasteiger charge is 2.46. The fourth-order valence-corrected chi connectivity index (χ4v) is 5.05. The number of aliphatic hydroxyl groups excluding tert-OH is 1. The summed E-state index contributed by atoms with van der Waals surface area (Å²) in [5.41, 5.74) is 2.27. The first-order valence-corrected chi connectivity index (χ1v) is 12.7. The Kier molecular flexibility index (Phi) is 7.34. The number of anilines is 1. The molecular weight excluding hydrogens is 474 g/mol. The largest absolute Gasteiger partial charge is 0.507 e. The number of amides is 1. The first-order valence-electron chi connectivity index (χ1n) is 12.7. The van der Waals surface area contributed by atoms with Crippen LogP contribution in [0, 0.1) is 0 Å². The number of rotatable bonds is 7. The summed E-state index contributed by atoms with van der Waals surface area (Å²) >= 11 is 0. The van der Waals surface area contributed by atoms with Crippen molar-refractivity contribution in [2.45, 2.75) is 12.5 Å². The molecule has 0 aliphatic carbocycles. The lowest BCUT2D eigenvalue weighted by Gasteiger charge is -2.29. The van der Waals surface area contributed by atoms with Crippen LogP contribution in [-0.4, -0.2) is 93.3 Å². The minimum absolute atomic E-state index is 0.0886. The van der Waals surface area contributed by atoms with E-state index in [1.54, 1.807) is 23.1 Å². The highest BCUT2D eigenvalue weighted by molar-refractivity contribution is 6.46. The molecule has 0 spiro atoms. The molecule has 0 radical (unpaired) electrons. The van der Waals surface area contributed by atoms with Crippen LogP contribution < -0.4 is 14.4 Å². The van der Waals surface area contributed by atoms with E-state index in [2.05, 4.69) is 4.90 Å². The SMILES string of the molecule is CN(C)c1ccc([C@H]2C(=C(O)c3ccc4c(c3)OCCO4)C(=O)C(=O)N2CCCN2CCOCC2)cc1. The molecule has 5 rings (SSSR count). The Morgan fingerprint density at radius 1 is 0.946 bits per heavy atom. The van der Waals surface area contributed by atoms with Gasteiger partial charge >= 0.3 is 0 Å². The van der Waals surface area contributed by atoms with E-state index in [1.165, 1.54) is 0 Å². The second-order valence-corrected chi connectivity index (χ2v) is 9.64. The molecule has 2 aromatic rings. The average molecular weight is 508 g/mol. The second kappa shape index (κ2) is 10.8. The van der Waals surface area contributed by atoms with Crippen molar-refractivity contribution in [1.82, 2.24) is 9.80 Å². The van der Waals surface area contributed by atoms with Gasteiger partial charge in [-0.1, -0.05) is 12.1 Å². The van der Waals surface area contributed by atoms with E-state index in [9.17, 15) is 14.7 Å². The zero-order chi connectivity index (χ0) is 25.9. The van der Waals surface area contributed by atoms with Crippen molar-refractivity contribution in [1.29, 1.82) is 0 Å². The van der Waals surface area contributed by atoms with Gasteiger partial charge < -0.3 is 29.1 Å². The van der Waals surface area contributed by atoms with Crippen LogP contribution in [0.3, 0.4) is 0 Å². The van der Waals surface area contributed by atoms with Crippen molar-refractivity contribution in [2.75, 3.05) is 71.6 Å². The third kappa shape index (κ3) is 5.14. The van der Waals surface area contributed by atoms with Crippen LogP contribution in [-0.2, 0) is 14.3 Å². The van der Waals surface area contributed by atoms with Crippen molar-refractivity contribution >= 4 is 23.1 Å². The Labute approximate surface area is 216 Å². The maximum atomic E-state index is 13.3. The Morgan fingerprint density at radius 2 is 1.65 bits per heavy atom. The van der Waals surface area contributed by atoms with Crippen LogP contribution in [0.25, 0.3) is 5.76 Å². The lowest BCUT2D eigenvalue weighted by molar-refractivity contribution is -0.140. The molecule has 9 nitrogen and oxygen atoms in total. The Morgan fingerprint density at radius 3 is 2.35 bits per heavy atom. The van der Waals surface area contributed by atoms with E-state index < -0.39 is 17.7 Å². The number of carbonyl (C=O) groups excluding carboxylic acids is 2. The third-order valence-electron chi connectivity index (χ3n) is 7.06. The molecular formula is C28H33N3O6. The molecule has 2 aromatic carbocycles. The van der Waals surface area contributed by atoms with E-state index in [-0.39, 0.29) is 11.3 Å². The number of ketones is 1. The third-order valence-corrected chi connectivity index (χ3v) is 7.06. The number of fused-ring (bicyclic) bond motifs is 1. The van der Waals surface area contributed by atoms with Gasteiger partial charge in [-0.05, 0) is 42.3 Å². The van der Waals surface area contributed by atoms with Gasteiger partial charge in [-0.15, -0.1) is 0 Å². The minimum atomic E-state index is -0.686. The summed E-state index contributed by atoms with van der Waals surface area (Å²) in [5.74, 6) is -0.403. The van der Waals surface area contributed by atoms with Gasteiger partial charge in [0, 0.05) is 51.5 Å². The molecule has 3 heterocycles. The molecule has 0 aromatic heterocycles. The summed E-state index contributed by atoms with van der Waals surface area (Å²) in [6, 6.07) is 12.1. The van der Waals surface area contributed by atoms with Crippen molar-refractivity contribution in [3.05, 3.63) is 59.2 Å². The van der Waals surface area contributed by atoms with Crippen molar-refractivity contribution in [2.24, 2.45) is 0 Å². The predicted octanol–water partition coefficient (Wildman–Crippen LogP) is 2.67. The second-order valence-electron chi connectivity index (χ2n) is 9.64. The molecule has 0 unspecified atom stereocenters. The number of hydrogen-bond donors (Lipinski definition) is 1. The molecule has 196 valence electrons. The Bertz CT molecular complexity index is 1190. The highest BCUT2D eigenvalue weighted by atomic mass is 16.6. The Balaban J connectivity index is 1.49. The van der Waals surface area contributed by atoms with E-state index >= 15 is 0 Å². The number of aliphatic hydroxyl groups is 1. The molecule has 0 saturated carbocycles. The van der Waals surface area contributed by atoms with E-state index in [4.69, 9.17) is 14.2 Å². The molecule has 2 saturated heterocycles. The number of carbonyl (C=O) groups is 2. The normalized spacial score (nSPS) is 21.4. The summed E-state index contributed by atoms with van der Waals surface area (Å²) < 4.78 is 16.7. The number of Topliss-reactive ketones (excluding diaryl/α,β-unsaturated/α-hetero) is 1. The van der Waals surface area contributed by atoms with Gasteiger partial charge in [-0.3, -0.25) is 14.5 Å². The summed E-state index contributed by atoms with van der Waals surface area (Å²) in [4.78, 5) is 32.5. The molecule has 1 amide bonds. The Hall–Kier alpha value is -3.56. The minimum Gasteiger partial charge on any atom is -0.507 e. The molecule has 3 aliphatic rings. The van der Waals surface area contributed by atoms with Crippen molar-refractivity contribution < 1.29 is 28.9 Å². The topological polar surface area (TPSA) is 91.8 Å². The number of hydrogen-bond acceptors (Lipinski definition) is 8. The highest BCUT2D eigenvalue weighted by Crippen LogP contribution is 2.41.